The highest BCUT2D eigenvalue weighted by Gasteiger charge is 2.10. The molecule has 16 heavy (non-hydrogen) atoms. The normalized spacial score (nSPS) is 12.4. The Morgan fingerprint density at radius 3 is 2.62 bits per heavy atom. The van der Waals surface area contributed by atoms with Crippen molar-refractivity contribution in [3.63, 3.8) is 0 Å². The molecule has 1 rings (SSSR count). The van der Waals surface area contributed by atoms with Crippen LogP contribution in [0.25, 0.3) is 0 Å². The first-order chi connectivity index (χ1) is 7.37. The fourth-order valence-corrected chi connectivity index (χ4v) is 1.50. The Morgan fingerprint density at radius 1 is 1.38 bits per heavy atom. The molecule has 1 N–H and O–H groups in total. The van der Waals surface area contributed by atoms with E-state index in [4.69, 9.17) is 4.42 Å². The average Bonchev–Trinajstić information content (AvgIpc) is 2.49. The van der Waals surface area contributed by atoms with E-state index >= 15 is 0 Å². The molecule has 92 valence electrons. The van der Waals surface area contributed by atoms with Crippen molar-refractivity contribution in [2.24, 2.45) is 5.92 Å². The summed E-state index contributed by atoms with van der Waals surface area (Å²) in [6.45, 7) is 11.8. The first-order valence-corrected chi connectivity index (χ1v) is 6.05. The molecule has 0 atom stereocenters. The number of aromatic nitrogens is 1. The standard InChI is InChI=1S/C13H24N2O/c1-10(2)8-11-9-14-12(16-11)6-7-15-13(3,4)5/h9-10,15H,6-8H2,1-5H3. The van der Waals surface area contributed by atoms with E-state index in [0.29, 0.717) is 5.92 Å². The molecule has 3 nitrogen and oxygen atoms in total. The van der Waals surface area contributed by atoms with Gasteiger partial charge in [0, 0.05) is 24.9 Å². The molecule has 0 fully saturated rings. The van der Waals surface area contributed by atoms with Crippen molar-refractivity contribution in [1.82, 2.24) is 10.3 Å². The molecule has 1 heterocycles. The zero-order chi connectivity index (χ0) is 12.2. The van der Waals surface area contributed by atoms with Gasteiger partial charge in [-0.3, -0.25) is 0 Å². The van der Waals surface area contributed by atoms with Gasteiger partial charge in [-0.25, -0.2) is 4.98 Å². The molecule has 0 saturated heterocycles. The fourth-order valence-electron chi connectivity index (χ4n) is 1.50. The summed E-state index contributed by atoms with van der Waals surface area (Å²) in [5.74, 6) is 2.46. The third kappa shape index (κ3) is 5.31. The average molecular weight is 224 g/mol. The number of nitrogens with one attached hydrogen (secondary N) is 1. The molecule has 1 aromatic heterocycles. The highest BCUT2D eigenvalue weighted by Crippen LogP contribution is 2.10. The van der Waals surface area contributed by atoms with Crippen LogP contribution in [0.3, 0.4) is 0 Å². The van der Waals surface area contributed by atoms with E-state index in [-0.39, 0.29) is 5.54 Å². The monoisotopic (exact) mass is 224 g/mol. The zero-order valence-corrected chi connectivity index (χ0v) is 11.1. The van der Waals surface area contributed by atoms with Gasteiger partial charge < -0.3 is 9.73 Å². The number of rotatable bonds is 5. The van der Waals surface area contributed by atoms with Crippen LogP contribution < -0.4 is 5.32 Å². The Balaban J connectivity index is 2.35. The molecule has 3 heteroatoms. The molecule has 0 spiro atoms. The maximum absolute atomic E-state index is 5.66. The van der Waals surface area contributed by atoms with Crippen molar-refractivity contribution < 1.29 is 4.42 Å². The summed E-state index contributed by atoms with van der Waals surface area (Å²) in [6, 6.07) is 0. The third-order valence-corrected chi connectivity index (χ3v) is 2.21. The van der Waals surface area contributed by atoms with Crippen molar-refractivity contribution in [2.75, 3.05) is 6.54 Å². The van der Waals surface area contributed by atoms with Crippen LogP contribution in [0.15, 0.2) is 10.6 Å². The van der Waals surface area contributed by atoms with Crippen LogP contribution in [0, 0.1) is 5.92 Å². The van der Waals surface area contributed by atoms with E-state index in [1.165, 1.54) is 0 Å². The SMILES string of the molecule is CC(C)Cc1cnc(CCNC(C)(C)C)o1. The van der Waals surface area contributed by atoms with Gasteiger partial charge in [-0.05, 0) is 26.7 Å². The lowest BCUT2D eigenvalue weighted by atomic mass is 10.1. The second-order valence-corrected chi connectivity index (χ2v) is 5.75. The Morgan fingerprint density at radius 2 is 2.06 bits per heavy atom. The molecule has 0 radical (unpaired) electrons. The maximum atomic E-state index is 5.66. The van der Waals surface area contributed by atoms with Crippen LogP contribution in [0.2, 0.25) is 0 Å². The van der Waals surface area contributed by atoms with Gasteiger partial charge in [0.15, 0.2) is 5.89 Å². The van der Waals surface area contributed by atoms with Gasteiger partial charge >= 0.3 is 0 Å². The Labute approximate surface area is 98.6 Å². The first-order valence-electron chi connectivity index (χ1n) is 6.05. The Bertz CT molecular complexity index is 310. The third-order valence-electron chi connectivity index (χ3n) is 2.21. The molecule has 0 aliphatic heterocycles. The van der Waals surface area contributed by atoms with E-state index in [0.717, 1.165) is 31.0 Å². The number of hydrogen-bond donors (Lipinski definition) is 1. The number of oxazole rings is 1. The van der Waals surface area contributed by atoms with E-state index in [2.05, 4.69) is 44.9 Å². The van der Waals surface area contributed by atoms with E-state index in [1.54, 1.807) is 0 Å². The van der Waals surface area contributed by atoms with Gasteiger partial charge in [-0.15, -0.1) is 0 Å². The van der Waals surface area contributed by atoms with Gasteiger partial charge in [0.1, 0.15) is 5.76 Å². The van der Waals surface area contributed by atoms with Crippen LogP contribution in [0.4, 0.5) is 0 Å². The highest BCUT2D eigenvalue weighted by atomic mass is 16.4. The number of nitrogens with zero attached hydrogens (tertiary/aromatic N) is 1. The van der Waals surface area contributed by atoms with Crippen molar-refractivity contribution >= 4 is 0 Å². The van der Waals surface area contributed by atoms with Gasteiger partial charge in [0.2, 0.25) is 0 Å². The molecule has 0 aromatic carbocycles. The largest absolute Gasteiger partial charge is 0.446 e. The highest BCUT2D eigenvalue weighted by molar-refractivity contribution is 4.95. The molecule has 0 amide bonds. The molecule has 0 saturated carbocycles. The van der Waals surface area contributed by atoms with E-state index in [9.17, 15) is 0 Å². The molecule has 0 bridgehead atoms. The summed E-state index contributed by atoms with van der Waals surface area (Å²) in [5.41, 5.74) is 0.160. The molecule has 0 aliphatic rings. The lowest BCUT2D eigenvalue weighted by Gasteiger charge is -2.19. The zero-order valence-electron chi connectivity index (χ0n) is 11.1. The van der Waals surface area contributed by atoms with Crippen molar-refractivity contribution in [3.05, 3.63) is 17.8 Å². The quantitative estimate of drug-likeness (QED) is 0.835. The van der Waals surface area contributed by atoms with Crippen LogP contribution in [-0.2, 0) is 12.8 Å². The predicted molar refractivity (Wildman–Crippen MR) is 66.5 cm³/mol. The minimum Gasteiger partial charge on any atom is -0.446 e. The predicted octanol–water partition coefficient (Wildman–Crippen LogP) is 2.80. The minimum absolute atomic E-state index is 0.160. The van der Waals surface area contributed by atoms with Gasteiger partial charge in [-0.2, -0.15) is 0 Å². The molecule has 1 aromatic rings. The Hall–Kier alpha value is -0.830. The van der Waals surface area contributed by atoms with Crippen molar-refractivity contribution in [2.45, 2.75) is 53.0 Å². The van der Waals surface area contributed by atoms with Gasteiger partial charge in [-0.1, -0.05) is 13.8 Å². The summed E-state index contributed by atoms with van der Waals surface area (Å²) < 4.78 is 5.66. The maximum Gasteiger partial charge on any atom is 0.195 e. The van der Waals surface area contributed by atoms with Crippen molar-refractivity contribution in [3.8, 4) is 0 Å². The van der Waals surface area contributed by atoms with E-state index in [1.807, 2.05) is 6.20 Å². The lowest BCUT2D eigenvalue weighted by Crippen LogP contribution is -2.37. The van der Waals surface area contributed by atoms with Crippen LogP contribution in [-0.4, -0.2) is 17.1 Å². The Kier molecular flexibility index (Phi) is 4.54. The molecular formula is C13H24N2O. The molecular weight excluding hydrogens is 200 g/mol. The second-order valence-electron chi connectivity index (χ2n) is 5.75. The summed E-state index contributed by atoms with van der Waals surface area (Å²) >= 11 is 0. The van der Waals surface area contributed by atoms with Crippen LogP contribution in [0.1, 0.15) is 46.3 Å². The summed E-state index contributed by atoms with van der Waals surface area (Å²) in [4.78, 5) is 4.28. The summed E-state index contributed by atoms with van der Waals surface area (Å²) in [6.07, 6.45) is 3.68. The van der Waals surface area contributed by atoms with Crippen molar-refractivity contribution in [1.29, 1.82) is 0 Å². The smallest absolute Gasteiger partial charge is 0.195 e. The van der Waals surface area contributed by atoms with Gasteiger partial charge in [0.05, 0.1) is 6.20 Å². The molecule has 0 aliphatic carbocycles. The van der Waals surface area contributed by atoms with Crippen LogP contribution in [0.5, 0.6) is 0 Å². The minimum atomic E-state index is 0.160. The lowest BCUT2D eigenvalue weighted by molar-refractivity contribution is 0.396. The fraction of sp³-hybridized carbons (Fsp3) is 0.769. The number of hydrogen-bond acceptors (Lipinski definition) is 3. The first kappa shape index (κ1) is 13.2. The van der Waals surface area contributed by atoms with Crippen LogP contribution >= 0.6 is 0 Å². The van der Waals surface area contributed by atoms with Gasteiger partial charge in [0.25, 0.3) is 0 Å². The topological polar surface area (TPSA) is 38.1 Å². The van der Waals surface area contributed by atoms with E-state index < -0.39 is 0 Å². The summed E-state index contributed by atoms with van der Waals surface area (Å²) in [7, 11) is 0. The molecule has 0 unspecified atom stereocenters. The second kappa shape index (κ2) is 5.48. The summed E-state index contributed by atoms with van der Waals surface area (Å²) in [5, 5.41) is 3.42.